The summed E-state index contributed by atoms with van der Waals surface area (Å²) in [5.74, 6) is 4.23. The van der Waals surface area contributed by atoms with E-state index in [-0.39, 0.29) is 5.41 Å². The maximum atomic E-state index is 6.10. The van der Waals surface area contributed by atoms with Gasteiger partial charge in [-0.1, -0.05) is 0 Å². The van der Waals surface area contributed by atoms with Crippen molar-refractivity contribution in [1.29, 1.82) is 0 Å². The molecule has 4 heteroatoms. The maximum absolute atomic E-state index is 6.10. The molecule has 0 N–H and O–H groups in total. The Morgan fingerprint density at radius 3 is 2.14 bits per heavy atom. The SMILES string of the molecule is c1cc(-c2nnc(C34CC5CC(CC(C5)C3)C4)o2)ccn1. The van der Waals surface area contributed by atoms with Gasteiger partial charge in [-0.25, -0.2) is 0 Å². The molecule has 0 saturated heterocycles. The molecule has 6 rings (SSSR count). The summed E-state index contributed by atoms with van der Waals surface area (Å²) in [4.78, 5) is 4.04. The van der Waals surface area contributed by atoms with Gasteiger partial charge in [0.05, 0.1) is 0 Å². The van der Waals surface area contributed by atoms with Gasteiger partial charge in [-0.15, -0.1) is 10.2 Å². The van der Waals surface area contributed by atoms with Crippen molar-refractivity contribution in [3.05, 3.63) is 30.4 Å². The first kappa shape index (κ1) is 11.9. The van der Waals surface area contributed by atoms with Crippen molar-refractivity contribution in [3.8, 4) is 11.5 Å². The third-order valence-corrected chi connectivity index (χ3v) is 5.84. The molecule has 2 aromatic rings. The Bertz CT molecular complexity index is 628. The highest BCUT2D eigenvalue weighted by molar-refractivity contribution is 5.50. The fourth-order valence-corrected chi connectivity index (χ4v) is 5.42. The van der Waals surface area contributed by atoms with Gasteiger partial charge < -0.3 is 4.42 Å². The molecular formula is C17H19N3O. The Morgan fingerprint density at radius 1 is 0.905 bits per heavy atom. The Balaban J connectivity index is 1.52. The Hall–Kier alpha value is -1.71. The van der Waals surface area contributed by atoms with Crippen LogP contribution in [0.1, 0.15) is 44.4 Å². The van der Waals surface area contributed by atoms with Crippen LogP contribution in [0.5, 0.6) is 0 Å². The largest absolute Gasteiger partial charge is 0.420 e. The first-order valence-corrected chi connectivity index (χ1v) is 8.05. The third kappa shape index (κ3) is 1.78. The van der Waals surface area contributed by atoms with Gasteiger partial charge in [-0.05, 0) is 68.4 Å². The number of aromatic nitrogens is 3. The summed E-state index contributed by atoms with van der Waals surface area (Å²) in [5, 5.41) is 8.74. The molecule has 0 aromatic carbocycles. The lowest BCUT2D eigenvalue weighted by Crippen LogP contribution is -2.48. The van der Waals surface area contributed by atoms with Gasteiger partial charge in [0, 0.05) is 23.4 Å². The number of hydrogen-bond acceptors (Lipinski definition) is 4. The van der Waals surface area contributed by atoms with Crippen LogP contribution < -0.4 is 0 Å². The molecule has 0 amide bonds. The van der Waals surface area contributed by atoms with E-state index in [9.17, 15) is 0 Å². The monoisotopic (exact) mass is 281 g/mol. The minimum atomic E-state index is 0.188. The van der Waals surface area contributed by atoms with E-state index in [4.69, 9.17) is 4.42 Å². The molecule has 2 heterocycles. The van der Waals surface area contributed by atoms with E-state index in [2.05, 4.69) is 15.2 Å². The summed E-state index contributed by atoms with van der Waals surface area (Å²) in [6.07, 6.45) is 11.6. The zero-order valence-electron chi connectivity index (χ0n) is 12.0. The number of nitrogens with zero attached hydrogens (tertiary/aromatic N) is 3. The molecule has 4 nitrogen and oxygen atoms in total. The van der Waals surface area contributed by atoms with Crippen molar-refractivity contribution in [1.82, 2.24) is 15.2 Å². The molecule has 4 fully saturated rings. The molecule has 0 unspecified atom stereocenters. The molecule has 4 saturated carbocycles. The van der Waals surface area contributed by atoms with Gasteiger partial charge >= 0.3 is 0 Å². The van der Waals surface area contributed by atoms with Crippen LogP contribution in [0.25, 0.3) is 11.5 Å². The van der Waals surface area contributed by atoms with Crippen molar-refractivity contribution >= 4 is 0 Å². The van der Waals surface area contributed by atoms with Gasteiger partial charge in [0.1, 0.15) is 0 Å². The van der Waals surface area contributed by atoms with E-state index < -0.39 is 0 Å². The first-order chi connectivity index (χ1) is 10.3. The topological polar surface area (TPSA) is 51.8 Å². The summed E-state index contributed by atoms with van der Waals surface area (Å²) in [7, 11) is 0. The van der Waals surface area contributed by atoms with Gasteiger partial charge in [0.15, 0.2) is 0 Å². The smallest absolute Gasteiger partial charge is 0.247 e. The second kappa shape index (κ2) is 4.15. The van der Waals surface area contributed by atoms with Crippen LogP contribution in [0.4, 0.5) is 0 Å². The van der Waals surface area contributed by atoms with Crippen LogP contribution >= 0.6 is 0 Å². The first-order valence-electron chi connectivity index (χ1n) is 8.05. The van der Waals surface area contributed by atoms with Gasteiger partial charge in [0.2, 0.25) is 11.8 Å². The van der Waals surface area contributed by atoms with Gasteiger partial charge in [0.25, 0.3) is 0 Å². The van der Waals surface area contributed by atoms with Crippen LogP contribution in [-0.4, -0.2) is 15.2 Å². The molecular weight excluding hydrogens is 262 g/mol. The Labute approximate surface area is 124 Å². The molecule has 0 spiro atoms. The average molecular weight is 281 g/mol. The van der Waals surface area contributed by atoms with Gasteiger partial charge in [-0.3, -0.25) is 4.98 Å². The van der Waals surface area contributed by atoms with Gasteiger partial charge in [-0.2, -0.15) is 0 Å². The standard InChI is InChI=1S/C17H19N3O/c1-3-18-4-2-14(1)15-19-20-16(21-15)17-8-11-5-12(9-17)7-13(6-11)10-17/h1-4,11-13H,5-10H2. The minimum absolute atomic E-state index is 0.188. The number of hydrogen-bond donors (Lipinski definition) is 0. The lowest BCUT2D eigenvalue weighted by molar-refractivity contribution is -0.0176. The van der Waals surface area contributed by atoms with E-state index in [0.717, 1.165) is 29.2 Å². The van der Waals surface area contributed by atoms with Crippen LogP contribution in [0, 0.1) is 17.8 Å². The van der Waals surface area contributed by atoms with Crippen molar-refractivity contribution in [2.75, 3.05) is 0 Å². The van der Waals surface area contributed by atoms with Crippen LogP contribution in [-0.2, 0) is 5.41 Å². The van der Waals surface area contributed by atoms with Crippen molar-refractivity contribution in [3.63, 3.8) is 0 Å². The van der Waals surface area contributed by atoms with Crippen molar-refractivity contribution in [2.45, 2.75) is 43.9 Å². The highest BCUT2D eigenvalue weighted by atomic mass is 16.4. The zero-order valence-corrected chi connectivity index (χ0v) is 12.0. The molecule has 2 aromatic heterocycles. The summed E-state index contributed by atoms with van der Waals surface area (Å²) in [5.41, 5.74) is 1.15. The van der Waals surface area contributed by atoms with E-state index >= 15 is 0 Å². The predicted octanol–water partition coefficient (Wildman–Crippen LogP) is 3.60. The molecule has 0 aliphatic heterocycles. The second-order valence-corrected chi connectivity index (χ2v) is 7.35. The van der Waals surface area contributed by atoms with Crippen LogP contribution in [0.2, 0.25) is 0 Å². The summed E-state index contributed by atoms with van der Waals surface area (Å²) in [6.45, 7) is 0. The molecule has 0 radical (unpaired) electrons. The highest BCUT2D eigenvalue weighted by Crippen LogP contribution is 2.60. The fraction of sp³-hybridized carbons (Fsp3) is 0.588. The van der Waals surface area contributed by atoms with E-state index in [0.29, 0.717) is 5.89 Å². The molecule has 4 aliphatic rings. The zero-order chi connectivity index (χ0) is 13.9. The van der Waals surface area contributed by atoms with Crippen molar-refractivity contribution in [2.24, 2.45) is 17.8 Å². The minimum Gasteiger partial charge on any atom is -0.420 e. The third-order valence-electron chi connectivity index (χ3n) is 5.84. The molecule has 0 atom stereocenters. The number of rotatable bonds is 2. The quantitative estimate of drug-likeness (QED) is 0.844. The van der Waals surface area contributed by atoms with E-state index in [1.54, 1.807) is 12.4 Å². The molecule has 4 aliphatic carbocycles. The molecule has 21 heavy (non-hydrogen) atoms. The summed E-state index contributed by atoms with van der Waals surface area (Å²) >= 11 is 0. The molecule has 4 bridgehead atoms. The lowest BCUT2D eigenvalue weighted by Gasteiger charge is -2.55. The summed E-state index contributed by atoms with van der Waals surface area (Å²) in [6, 6.07) is 3.86. The van der Waals surface area contributed by atoms with Crippen LogP contribution in [0.3, 0.4) is 0 Å². The highest BCUT2D eigenvalue weighted by Gasteiger charge is 2.54. The Kier molecular flexibility index (Phi) is 2.35. The van der Waals surface area contributed by atoms with Crippen LogP contribution in [0.15, 0.2) is 28.9 Å². The van der Waals surface area contributed by atoms with Crippen molar-refractivity contribution < 1.29 is 4.42 Å². The van der Waals surface area contributed by atoms with E-state index in [1.807, 2.05) is 12.1 Å². The fourth-order valence-electron chi connectivity index (χ4n) is 5.42. The maximum Gasteiger partial charge on any atom is 0.247 e. The second-order valence-electron chi connectivity index (χ2n) is 7.35. The number of pyridine rings is 1. The average Bonchev–Trinajstić information content (AvgIpc) is 2.97. The lowest BCUT2D eigenvalue weighted by atomic mass is 9.49. The Morgan fingerprint density at radius 2 is 1.52 bits per heavy atom. The predicted molar refractivity (Wildman–Crippen MR) is 77.4 cm³/mol. The van der Waals surface area contributed by atoms with E-state index in [1.165, 1.54) is 38.5 Å². The normalized spacial score (nSPS) is 37.0. The summed E-state index contributed by atoms with van der Waals surface area (Å²) < 4.78 is 6.10. The molecule has 108 valence electrons.